The number of nitrogens with one attached hydrogen (secondary N) is 1. The Kier molecular flexibility index (Phi) is 8.10. The Morgan fingerprint density at radius 2 is 2.13 bits per heavy atom. The molecule has 2 amide bonds. The maximum absolute atomic E-state index is 13.1. The lowest BCUT2D eigenvalue weighted by atomic mass is 9.91. The predicted molar refractivity (Wildman–Crippen MR) is 138 cm³/mol. The second kappa shape index (κ2) is 11.5. The molecule has 0 bridgehead atoms. The summed E-state index contributed by atoms with van der Waals surface area (Å²) in [6.45, 7) is 3.53. The van der Waals surface area contributed by atoms with Gasteiger partial charge in [-0.3, -0.25) is 24.1 Å². The van der Waals surface area contributed by atoms with Crippen LogP contribution in [0.1, 0.15) is 31.3 Å². The molecule has 1 saturated heterocycles. The predicted octanol–water partition coefficient (Wildman–Crippen LogP) is -1.21. The molecule has 200 valence electrons. The van der Waals surface area contributed by atoms with Gasteiger partial charge in [0.1, 0.15) is 17.7 Å². The molecule has 1 saturated carbocycles. The van der Waals surface area contributed by atoms with Gasteiger partial charge in [0.2, 0.25) is 5.82 Å². The van der Waals surface area contributed by atoms with E-state index in [1.54, 1.807) is 11.9 Å². The summed E-state index contributed by atoms with van der Waals surface area (Å²) in [5.74, 6) is 5.05. The minimum Gasteiger partial charge on any atom is -0.387 e. The molecule has 1 aliphatic heterocycles. The molecule has 2 fully saturated rings. The SMILES string of the molecule is C=N/C=C(\C=N/C)C(=O)N(CC#Cc1nc(N)c2ncn([C@@H]3O[C@H](C(=O)NC)[C@@H](O)[C@H]3O)c2n1)C1CCC1. The fraction of sp³-hybridized carbons (Fsp3) is 0.458. The van der Waals surface area contributed by atoms with Crippen molar-refractivity contribution in [2.75, 3.05) is 26.4 Å². The van der Waals surface area contributed by atoms with Crippen LogP contribution in [0, 0.1) is 11.8 Å². The summed E-state index contributed by atoms with van der Waals surface area (Å²) in [7, 11) is 2.96. The van der Waals surface area contributed by atoms with Crippen LogP contribution in [0.4, 0.5) is 5.82 Å². The molecule has 38 heavy (non-hydrogen) atoms. The van der Waals surface area contributed by atoms with Gasteiger partial charge in [0.05, 0.1) is 18.4 Å². The summed E-state index contributed by atoms with van der Waals surface area (Å²) in [6.07, 6.45) is 1.56. The van der Waals surface area contributed by atoms with Gasteiger partial charge >= 0.3 is 0 Å². The van der Waals surface area contributed by atoms with E-state index < -0.39 is 30.4 Å². The molecule has 0 aromatic carbocycles. The molecular formula is C24H29N9O5. The molecule has 14 heteroatoms. The van der Waals surface area contributed by atoms with Crippen LogP contribution >= 0.6 is 0 Å². The summed E-state index contributed by atoms with van der Waals surface area (Å²) in [5.41, 5.74) is 6.81. The van der Waals surface area contributed by atoms with Crippen LogP contribution in [-0.2, 0) is 14.3 Å². The number of nitrogens with two attached hydrogens (primary N) is 1. The molecule has 2 aromatic rings. The van der Waals surface area contributed by atoms with E-state index in [2.05, 4.69) is 48.8 Å². The molecule has 0 radical (unpaired) electrons. The number of fused-ring (bicyclic) bond motifs is 1. The van der Waals surface area contributed by atoms with E-state index in [0.29, 0.717) is 5.57 Å². The van der Waals surface area contributed by atoms with Gasteiger partial charge in [0, 0.05) is 32.6 Å². The van der Waals surface area contributed by atoms with E-state index in [-0.39, 0.29) is 41.3 Å². The van der Waals surface area contributed by atoms with Crippen LogP contribution in [0.15, 0.2) is 28.1 Å². The number of nitrogens with zero attached hydrogens (tertiary/aromatic N) is 7. The van der Waals surface area contributed by atoms with E-state index in [9.17, 15) is 19.8 Å². The summed E-state index contributed by atoms with van der Waals surface area (Å²) in [5, 5.41) is 23.2. The minimum absolute atomic E-state index is 0.0438. The molecule has 4 rings (SSSR count). The number of amides is 2. The van der Waals surface area contributed by atoms with Crippen molar-refractivity contribution < 1.29 is 24.5 Å². The Morgan fingerprint density at radius 3 is 2.76 bits per heavy atom. The number of carbonyl (C=O) groups excluding carboxylic acids is 2. The van der Waals surface area contributed by atoms with Crippen LogP contribution in [0.5, 0.6) is 0 Å². The average molecular weight is 524 g/mol. The maximum atomic E-state index is 13.1. The molecule has 4 atom stereocenters. The number of anilines is 1. The highest BCUT2D eigenvalue weighted by Gasteiger charge is 2.47. The average Bonchev–Trinajstić information content (AvgIpc) is 3.42. The fourth-order valence-corrected chi connectivity index (χ4v) is 4.24. The zero-order chi connectivity index (χ0) is 27.4. The van der Waals surface area contributed by atoms with Gasteiger partial charge in [0.15, 0.2) is 23.8 Å². The molecule has 0 spiro atoms. The first-order valence-electron chi connectivity index (χ1n) is 11.9. The smallest absolute Gasteiger partial charge is 0.258 e. The van der Waals surface area contributed by atoms with Crippen molar-refractivity contribution in [3.8, 4) is 11.8 Å². The van der Waals surface area contributed by atoms with Crippen molar-refractivity contribution in [3.63, 3.8) is 0 Å². The Bertz CT molecular complexity index is 1350. The lowest BCUT2D eigenvalue weighted by Crippen LogP contribution is -2.45. The number of hydrogen-bond donors (Lipinski definition) is 4. The molecule has 2 aromatic heterocycles. The highest BCUT2D eigenvalue weighted by atomic mass is 16.6. The lowest BCUT2D eigenvalue weighted by Gasteiger charge is -2.36. The van der Waals surface area contributed by atoms with Crippen LogP contribution in [0.3, 0.4) is 0 Å². The van der Waals surface area contributed by atoms with E-state index >= 15 is 0 Å². The number of hydrogen-bond acceptors (Lipinski definition) is 11. The van der Waals surface area contributed by atoms with Gasteiger partial charge in [-0.25, -0.2) is 15.0 Å². The maximum Gasteiger partial charge on any atom is 0.258 e. The van der Waals surface area contributed by atoms with Crippen molar-refractivity contribution in [2.45, 2.75) is 49.8 Å². The number of aliphatic imine (C=N–C) groups is 2. The first-order valence-corrected chi connectivity index (χ1v) is 11.9. The number of likely N-dealkylation sites (N-methyl/N-ethyl adjacent to an activating group) is 1. The number of nitrogen functional groups attached to an aromatic ring is 1. The van der Waals surface area contributed by atoms with Gasteiger partial charge in [-0.2, -0.15) is 0 Å². The first-order chi connectivity index (χ1) is 18.3. The van der Waals surface area contributed by atoms with E-state index in [0.717, 1.165) is 19.3 Å². The molecule has 2 aliphatic rings. The molecule has 3 heterocycles. The Hall–Kier alpha value is -4.19. The van der Waals surface area contributed by atoms with E-state index in [1.807, 2.05) is 0 Å². The third kappa shape index (κ3) is 5.12. The molecule has 1 aliphatic carbocycles. The van der Waals surface area contributed by atoms with Gasteiger partial charge in [-0.05, 0) is 31.9 Å². The second-order valence-electron chi connectivity index (χ2n) is 8.77. The summed E-state index contributed by atoms with van der Waals surface area (Å²) in [4.78, 5) is 47.2. The number of aliphatic hydroxyl groups excluding tert-OH is 2. The Morgan fingerprint density at radius 1 is 1.37 bits per heavy atom. The van der Waals surface area contributed by atoms with Crippen LogP contribution in [0.2, 0.25) is 0 Å². The first kappa shape index (κ1) is 26.9. The second-order valence-corrected chi connectivity index (χ2v) is 8.77. The van der Waals surface area contributed by atoms with Gasteiger partial charge < -0.3 is 30.9 Å². The number of ether oxygens (including phenoxy) is 1. The van der Waals surface area contributed by atoms with Crippen molar-refractivity contribution >= 4 is 41.7 Å². The molecule has 5 N–H and O–H groups in total. The van der Waals surface area contributed by atoms with Crippen molar-refractivity contribution in [2.24, 2.45) is 9.98 Å². The zero-order valence-corrected chi connectivity index (χ0v) is 21.0. The van der Waals surface area contributed by atoms with Gasteiger partial charge in [-0.1, -0.05) is 5.92 Å². The third-order valence-corrected chi connectivity index (χ3v) is 6.44. The summed E-state index contributed by atoms with van der Waals surface area (Å²) < 4.78 is 6.98. The largest absolute Gasteiger partial charge is 0.387 e. The van der Waals surface area contributed by atoms with Crippen molar-refractivity contribution in [1.29, 1.82) is 0 Å². The summed E-state index contributed by atoms with van der Waals surface area (Å²) in [6, 6.07) is 0.0471. The zero-order valence-electron chi connectivity index (χ0n) is 21.0. The standard InChI is InChI=1S/C24H29N9O5/c1-26-10-13(11-27-2)23(37)32(14-6-4-7-14)9-5-8-15-30-20(25)16-21(31-15)33(12-29-16)24-18(35)17(34)19(38-24)22(36)28-3/h10-12,14,17-19,24,34-35H,1,4,6-7,9H2,2-3H3,(H,28,36)(H2,25,30,31)/b13-10+,27-11-/t17-,18+,19-,24+/m0/s1. The normalized spacial score (nSPS) is 23.6. The highest BCUT2D eigenvalue weighted by molar-refractivity contribution is 6.12. The summed E-state index contributed by atoms with van der Waals surface area (Å²) >= 11 is 0. The third-order valence-electron chi connectivity index (χ3n) is 6.44. The Labute approximate surface area is 218 Å². The number of imidazole rings is 1. The topological polar surface area (TPSA) is 193 Å². The number of rotatable bonds is 7. The number of aliphatic hydroxyl groups is 2. The van der Waals surface area contributed by atoms with E-state index in [1.165, 1.54) is 30.4 Å². The fourth-order valence-electron chi connectivity index (χ4n) is 4.24. The monoisotopic (exact) mass is 523 g/mol. The van der Waals surface area contributed by atoms with Crippen molar-refractivity contribution in [1.82, 2.24) is 29.7 Å². The van der Waals surface area contributed by atoms with Gasteiger partial charge in [-0.15, -0.1) is 0 Å². The number of aromatic nitrogens is 4. The number of carbonyl (C=O) groups is 2. The van der Waals surface area contributed by atoms with E-state index in [4.69, 9.17) is 10.5 Å². The van der Waals surface area contributed by atoms with Crippen LogP contribution in [0.25, 0.3) is 11.2 Å². The van der Waals surface area contributed by atoms with Gasteiger partial charge in [0.25, 0.3) is 11.8 Å². The van der Waals surface area contributed by atoms with Crippen LogP contribution in [-0.4, -0.2) is 104 Å². The van der Waals surface area contributed by atoms with Crippen molar-refractivity contribution in [3.05, 3.63) is 23.9 Å². The minimum atomic E-state index is -1.46. The molecule has 14 nitrogen and oxygen atoms in total. The highest BCUT2D eigenvalue weighted by Crippen LogP contribution is 2.32. The molecule has 0 unspecified atom stereocenters. The lowest BCUT2D eigenvalue weighted by molar-refractivity contribution is -0.137. The van der Waals surface area contributed by atoms with Crippen LogP contribution < -0.4 is 11.1 Å². The quantitative estimate of drug-likeness (QED) is 0.196. The molecular weight excluding hydrogens is 494 g/mol. The Balaban J connectivity index is 1.61.